The molecule has 0 atom stereocenters. The molecule has 1 saturated carbocycles. The summed E-state index contributed by atoms with van der Waals surface area (Å²) in [5.41, 5.74) is 2.47. The summed E-state index contributed by atoms with van der Waals surface area (Å²) in [5, 5.41) is 5.91. The molecule has 2 heterocycles. The molecule has 0 N–H and O–H groups in total. The summed E-state index contributed by atoms with van der Waals surface area (Å²) in [4.78, 5) is 2.71. The van der Waals surface area contributed by atoms with Crippen LogP contribution in [0.2, 0.25) is 0 Å². The fourth-order valence-electron chi connectivity index (χ4n) is 5.09. The number of likely N-dealkylation sites (tertiary alicyclic amines) is 1. The number of nitrogens with zero attached hydrogens (tertiary/aromatic N) is 3. The predicted octanol–water partition coefficient (Wildman–Crippen LogP) is 4.20. The van der Waals surface area contributed by atoms with Crippen molar-refractivity contribution in [3.05, 3.63) is 23.9 Å². The third-order valence-electron chi connectivity index (χ3n) is 6.74. The highest BCUT2D eigenvalue weighted by atomic mass is 16.5. The van der Waals surface area contributed by atoms with Crippen molar-refractivity contribution in [2.45, 2.75) is 70.1 Å². The Morgan fingerprint density at radius 2 is 1.74 bits per heavy atom. The number of hydrogen-bond donors (Lipinski definition) is 0. The molecule has 4 rings (SSSR count). The van der Waals surface area contributed by atoms with Gasteiger partial charge in [-0.1, -0.05) is 13.0 Å². The van der Waals surface area contributed by atoms with Crippen molar-refractivity contribution >= 4 is 10.9 Å². The molecule has 1 aromatic heterocycles. The molecule has 148 valence electrons. The van der Waals surface area contributed by atoms with Crippen LogP contribution in [0.5, 0.6) is 5.75 Å². The molecule has 1 aliphatic heterocycles. The predicted molar refractivity (Wildman–Crippen MR) is 109 cm³/mol. The molecule has 2 aliphatic rings. The molecule has 2 aromatic rings. The van der Waals surface area contributed by atoms with E-state index < -0.39 is 0 Å². The summed E-state index contributed by atoms with van der Waals surface area (Å²) in [6.45, 7) is 4.53. The molecule has 0 bridgehead atoms. The molecule has 1 aliphatic carbocycles. The Morgan fingerprint density at radius 1 is 1.00 bits per heavy atom. The third kappa shape index (κ3) is 3.59. The van der Waals surface area contributed by atoms with E-state index in [0.29, 0.717) is 12.1 Å². The second-order valence-electron chi connectivity index (χ2n) is 8.07. The topological polar surface area (TPSA) is 39.5 Å². The number of hydrogen-bond acceptors (Lipinski definition) is 4. The molecule has 1 saturated heterocycles. The van der Waals surface area contributed by atoms with Crippen molar-refractivity contribution in [1.82, 2.24) is 14.7 Å². The van der Waals surface area contributed by atoms with Crippen molar-refractivity contribution in [3.8, 4) is 5.75 Å². The van der Waals surface area contributed by atoms with E-state index in [4.69, 9.17) is 14.6 Å². The van der Waals surface area contributed by atoms with E-state index >= 15 is 0 Å². The number of ether oxygens (including phenoxy) is 2. The second kappa shape index (κ2) is 8.19. The lowest BCUT2D eigenvalue weighted by Gasteiger charge is -2.40. The molecule has 5 heteroatoms. The zero-order valence-electron chi connectivity index (χ0n) is 17.0. The highest BCUT2D eigenvalue weighted by Crippen LogP contribution is 2.35. The molecule has 1 aromatic carbocycles. The van der Waals surface area contributed by atoms with Crippen molar-refractivity contribution in [2.24, 2.45) is 0 Å². The van der Waals surface area contributed by atoms with Gasteiger partial charge in [0.15, 0.2) is 0 Å². The summed E-state index contributed by atoms with van der Waals surface area (Å²) in [6, 6.07) is 5.66. The molecule has 0 amide bonds. The Bertz CT molecular complexity index is 756. The van der Waals surface area contributed by atoms with E-state index in [1.54, 1.807) is 7.11 Å². The van der Waals surface area contributed by atoms with Crippen LogP contribution in [0.15, 0.2) is 18.3 Å². The first kappa shape index (κ1) is 18.8. The number of aryl methyl sites for hydroxylation is 1. The zero-order chi connectivity index (χ0) is 18.8. The molecule has 0 radical (unpaired) electrons. The summed E-state index contributed by atoms with van der Waals surface area (Å²) < 4.78 is 13.5. The highest BCUT2D eigenvalue weighted by molar-refractivity contribution is 5.86. The van der Waals surface area contributed by atoms with E-state index in [9.17, 15) is 0 Å². The molecule has 0 unspecified atom stereocenters. The Hall–Kier alpha value is -1.59. The van der Waals surface area contributed by atoms with Gasteiger partial charge in [-0.15, -0.1) is 0 Å². The average Bonchev–Trinajstić information content (AvgIpc) is 3.17. The fraction of sp³-hybridized carbons (Fsp3) is 0.682. The maximum atomic E-state index is 5.69. The minimum absolute atomic E-state index is 0.484. The van der Waals surface area contributed by atoms with Gasteiger partial charge in [-0.25, -0.2) is 0 Å². The first-order valence-corrected chi connectivity index (χ1v) is 10.5. The number of fused-ring (bicyclic) bond motifs is 1. The number of aromatic nitrogens is 2. The van der Waals surface area contributed by atoms with Gasteiger partial charge in [0, 0.05) is 26.2 Å². The minimum atomic E-state index is 0.484. The Kier molecular flexibility index (Phi) is 5.69. The van der Waals surface area contributed by atoms with Crippen LogP contribution in [-0.4, -0.2) is 54.1 Å². The maximum Gasteiger partial charge on any atom is 0.133 e. The van der Waals surface area contributed by atoms with E-state index in [1.807, 2.05) is 13.3 Å². The monoisotopic (exact) mass is 371 g/mol. The van der Waals surface area contributed by atoms with Crippen molar-refractivity contribution < 1.29 is 9.47 Å². The van der Waals surface area contributed by atoms with Gasteiger partial charge >= 0.3 is 0 Å². The van der Waals surface area contributed by atoms with Gasteiger partial charge in [-0.05, 0) is 56.6 Å². The molecular weight excluding hydrogens is 338 g/mol. The van der Waals surface area contributed by atoms with Crippen LogP contribution in [0.1, 0.15) is 57.1 Å². The van der Waals surface area contributed by atoms with Gasteiger partial charge in [-0.2, -0.15) is 5.10 Å². The largest absolute Gasteiger partial charge is 0.496 e. The molecule has 5 nitrogen and oxygen atoms in total. The first-order chi connectivity index (χ1) is 13.2. The van der Waals surface area contributed by atoms with Crippen LogP contribution in [0, 0.1) is 0 Å². The van der Waals surface area contributed by atoms with Gasteiger partial charge in [0.05, 0.1) is 36.4 Å². The molecule has 2 fully saturated rings. The Balaban J connectivity index is 1.44. The lowest BCUT2D eigenvalue weighted by atomic mass is 9.90. The molecule has 27 heavy (non-hydrogen) atoms. The fourth-order valence-corrected chi connectivity index (χ4v) is 5.09. The summed E-state index contributed by atoms with van der Waals surface area (Å²) in [7, 11) is 3.62. The van der Waals surface area contributed by atoms with E-state index in [1.165, 1.54) is 62.7 Å². The number of benzene rings is 1. The normalized spacial score (nSPS) is 25.1. The van der Waals surface area contributed by atoms with Crippen molar-refractivity contribution in [2.75, 3.05) is 27.3 Å². The van der Waals surface area contributed by atoms with Crippen LogP contribution in [-0.2, 0) is 11.2 Å². The summed E-state index contributed by atoms with van der Waals surface area (Å²) in [5.74, 6) is 0.994. The average molecular weight is 372 g/mol. The van der Waals surface area contributed by atoms with Gasteiger partial charge in [0.25, 0.3) is 0 Å². The van der Waals surface area contributed by atoms with Crippen LogP contribution < -0.4 is 4.74 Å². The maximum absolute atomic E-state index is 5.69. The minimum Gasteiger partial charge on any atom is -0.496 e. The lowest BCUT2D eigenvalue weighted by Crippen LogP contribution is -2.44. The Labute approximate surface area is 162 Å². The standard InChI is InChI=1S/C22H33N3O2/c1-4-16-5-10-21-20(22(16)27-3)15-23-25(21)18-11-13-24(14-12-18)17-6-8-19(26-2)9-7-17/h5,10,15,17-19H,4,6-9,11-14H2,1-3H3. The van der Waals surface area contributed by atoms with Crippen molar-refractivity contribution in [3.63, 3.8) is 0 Å². The molecular formula is C22H33N3O2. The summed E-state index contributed by atoms with van der Waals surface area (Å²) in [6.07, 6.45) is 10.8. The lowest BCUT2D eigenvalue weighted by molar-refractivity contribution is 0.0292. The molecule has 0 spiro atoms. The van der Waals surface area contributed by atoms with Crippen LogP contribution in [0.3, 0.4) is 0 Å². The quantitative estimate of drug-likeness (QED) is 0.790. The number of piperidine rings is 1. The van der Waals surface area contributed by atoms with Gasteiger partial charge < -0.3 is 14.4 Å². The number of methoxy groups -OCH3 is 2. The van der Waals surface area contributed by atoms with Crippen molar-refractivity contribution in [1.29, 1.82) is 0 Å². The van der Waals surface area contributed by atoms with E-state index in [-0.39, 0.29) is 0 Å². The second-order valence-corrected chi connectivity index (χ2v) is 8.07. The van der Waals surface area contributed by atoms with E-state index in [0.717, 1.165) is 23.6 Å². The Morgan fingerprint density at radius 3 is 2.37 bits per heavy atom. The van der Waals surface area contributed by atoms with Crippen LogP contribution >= 0.6 is 0 Å². The van der Waals surface area contributed by atoms with Crippen LogP contribution in [0.4, 0.5) is 0 Å². The third-order valence-corrected chi connectivity index (χ3v) is 6.74. The summed E-state index contributed by atoms with van der Waals surface area (Å²) >= 11 is 0. The first-order valence-electron chi connectivity index (χ1n) is 10.5. The highest BCUT2D eigenvalue weighted by Gasteiger charge is 2.30. The number of rotatable bonds is 5. The van der Waals surface area contributed by atoms with Gasteiger partial charge in [0.2, 0.25) is 0 Å². The SMILES string of the molecule is CCc1ccc2c(cnn2C2CCN(C3CCC(OC)CC3)CC2)c1OC. The van der Waals surface area contributed by atoms with Crippen LogP contribution in [0.25, 0.3) is 10.9 Å². The van der Waals surface area contributed by atoms with E-state index in [2.05, 4.69) is 28.6 Å². The smallest absolute Gasteiger partial charge is 0.133 e. The van der Waals surface area contributed by atoms with Gasteiger partial charge in [0.1, 0.15) is 5.75 Å². The zero-order valence-corrected chi connectivity index (χ0v) is 17.0. The van der Waals surface area contributed by atoms with Gasteiger partial charge in [-0.3, -0.25) is 4.68 Å².